The SMILES string of the molecule is CCOC(=O)CCNC(=O)C(c1ccccc1)N(C(=O)C(Cc1ccccc1)NC(=O)OC(C)(C)C)C1CC1C. The molecule has 2 aromatic rings. The van der Waals surface area contributed by atoms with Crippen LogP contribution in [-0.4, -0.2) is 59.6 Å². The van der Waals surface area contributed by atoms with Crippen molar-refractivity contribution in [3.05, 3.63) is 71.8 Å². The van der Waals surface area contributed by atoms with Gasteiger partial charge in [0.1, 0.15) is 17.7 Å². The van der Waals surface area contributed by atoms with E-state index in [-0.39, 0.29) is 43.9 Å². The molecule has 2 N–H and O–H groups in total. The normalized spacial score (nSPS) is 17.6. The predicted octanol–water partition coefficient (Wildman–Crippen LogP) is 4.17. The number of amides is 3. The monoisotopic (exact) mass is 551 g/mol. The lowest BCUT2D eigenvalue weighted by atomic mass is 10.00. The molecule has 0 bridgehead atoms. The average molecular weight is 552 g/mol. The third-order valence-corrected chi connectivity index (χ3v) is 6.53. The highest BCUT2D eigenvalue weighted by atomic mass is 16.6. The van der Waals surface area contributed by atoms with Crippen LogP contribution >= 0.6 is 0 Å². The zero-order valence-corrected chi connectivity index (χ0v) is 24.0. The molecule has 0 saturated heterocycles. The number of nitrogens with one attached hydrogen (secondary N) is 2. The van der Waals surface area contributed by atoms with Gasteiger partial charge in [0.15, 0.2) is 0 Å². The molecule has 3 amide bonds. The standard InChI is InChI=1S/C31H41N3O6/c1-6-39-26(35)17-18-32-28(36)27(23-15-11-8-12-16-23)34(25-19-21(25)2)29(37)24(20-22-13-9-7-10-14-22)33-30(38)40-31(3,4)5/h7-16,21,24-25,27H,6,17-20H2,1-5H3,(H,32,36)(H,33,38). The fourth-order valence-corrected chi connectivity index (χ4v) is 4.54. The van der Waals surface area contributed by atoms with E-state index in [0.29, 0.717) is 5.56 Å². The summed E-state index contributed by atoms with van der Waals surface area (Å²) < 4.78 is 10.4. The number of rotatable bonds is 12. The number of carbonyl (C=O) groups excluding carboxylic acids is 4. The summed E-state index contributed by atoms with van der Waals surface area (Å²) in [6, 6.07) is 16.4. The Balaban J connectivity index is 1.94. The lowest BCUT2D eigenvalue weighted by Crippen LogP contribution is -2.54. The molecule has 3 rings (SSSR count). The van der Waals surface area contributed by atoms with Crippen LogP contribution in [0.25, 0.3) is 0 Å². The third-order valence-electron chi connectivity index (χ3n) is 6.53. The Morgan fingerprint density at radius 3 is 2.15 bits per heavy atom. The Kier molecular flexibility index (Phi) is 10.7. The van der Waals surface area contributed by atoms with Crippen molar-refractivity contribution in [2.75, 3.05) is 13.2 Å². The molecule has 216 valence electrons. The molecule has 4 atom stereocenters. The number of carbonyl (C=O) groups is 4. The van der Waals surface area contributed by atoms with Gasteiger partial charge in [-0.1, -0.05) is 67.6 Å². The molecule has 4 unspecified atom stereocenters. The van der Waals surface area contributed by atoms with Gasteiger partial charge in [-0.25, -0.2) is 4.79 Å². The van der Waals surface area contributed by atoms with Crippen LogP contribution in [0.2, 0.25) is 0 Å². The fraction of sp³-hybridized carbons (Fsp3) is 0.484. The number of esters is 1. The van der Waals surface area contributed by atoms with E-state index < -0.39 is 35.7 Å². The molecule has 0 aromatic heterocycles. The van der Waals surface area contributed by atoms with Gasteiger partial charge in [-0.3, -0.25) is 14.4 Å². The number of hydrogen-bond acceptors (Lipinski definition) is 6. The maximum atomic E-state index is 14.4. The van der Waals surface area contributed by atoms with Crippen molar-refractivity contribution in [3.63, 3.8) is 0 Å². The van der Waals surface area contributed by atoms with Crippen LogP contribution in [0, 0.1) is 5.92 Å². The lowest BCUT2D eigenvalue weighted by molar-refractivity contribution is -0.145. The minimum absolute atomic E-state index is 0.0195. The second kappa shape index (κ2) is 14.0. The van der Waals surface area contributed by atoms with Crippen LogP contribution in [0.4, 0.5) is 4.79 Å². The molecule has 9 nitrogen and oxygen atoms in total. The smallest absolute Gasteiger partial charge is 0.408 e. The summed E-state index contributed by atoms with van der Waals surface area (Å²) in [6.45, 7) is 9.35. The van der Waals surface area contributed by atoms with Gasteiger partial charge in [-0.2, -0.15) is 0 Å². The molecule has 0 heterocycles. The molecule has 9 heteroatoms. The summed E-state index contributed by atoms with van der Waals surface area (Å²) in [5, 5.41) is 5.59. The van der Waals surface area contributed by atoms with E-state index in [2.05, 4.69) is 10.6 Å². The minimum atomic E-state index is -0.969. The molecule has 0 aliphatic heterocycles. The van der Waals surface area contributed by atoms with Crippen molar-refractivity contribution in [1.82, 2.24) is 15.5 Å². The summed E-state index contributed by atoms with van der Waals surface area (Å²) in [5.41, 5.74) is 0.746. The second-order valence-electron chi connectivity index (χ2n) is 11.1. The first kappa shape index (κ1) is 30.7. The highest BCUT2D eigenvalue weighted by molar-refractivity contribution is 5.93. The summed E-state index contributed by atoms with van der Waals surface area (Å²) in [7, 11) is 0. The Labute approximate surface area is 236 Å². The summed E-state index contributed by atoms with van der Waals surface area (Å²) in [4.78, 5) is 54.3. The topological polar surface area (TPSA) is 114 Å². The van der Waals surface area contributed by atoms with Crippen molar-refractivity contribution in [2.24, 2.45) is 5.92 Å². The van der Waals surface area contributed by atoms with Crippen LogP contribution in [0.15, 0.2) is 60.7 Å². The van der Waals surface area contributed by atoms with Gasteiger partial charge >= 0.3 is 12.1 Å². The van der Waals surface area contributed by atoms with Crippen LogP contribution in [0.1, 0.15) is 64.6 Å². The van der Waals surface area contributed by atoms with Crippen LogP contribution in [0.5, 0.6) is 0 Å². The molecular weight excluding hydrogens is 510 g/mol. The molecule has 1 saturated carbocycles. The van der Waals surface area contributed by atoms with Crippen molar-refractivity contribution in [1.29, 1.82) is 0 Å². The fourth-order valence-electron chi connectivity index (χ4n) is 4.54. The molecule has 1 aliphatic carbocycles. The van der Waals surface area contributed by atoms with Gasteiger partial charge < -0.3 is 25.0 Å². The van der Waals surface area contributed by atoms with Crippen molar-refractivity contribution in [3.8, 4) is 0 Å². The molecular formula is C31H41N3O6. The highest BCUT2D eigenvalue weighted by Crippen LogP contribution is 2.40. The second-order valence-corrected chi connectivity index (χ2v) is 11.1. The van der Waals surface area contributed by atoms with Gasteiger partial charge in [0.05, 0.1) is 13.0 Å². The van der Waals surface area contributed by atoms with Crippen molar-refractivity contribution >= 4 is 23.9 Å². The van der Waals surface area contributed by atoms with Gasteiger partial charge in [0.2, 0.25) is 11.8 Å². The Bertz CT molecular complexity index is 1150. The number of benzene rings is 2. The first-order valence-electron chi connectivity index (χ1n) is 13.8. The highest BCUT2D eigenvalue weighted by Gasteiger charge is 2.48. The number of alkyl carbamates (subject to hydrolysis) is 1. The summed E-state index contributed by atoms with van der Waals surface area (Å²) in [6.07, 6.45) is 0.268. The Hall–Kier alpha value is -3.88. The van der Waals surface area contributed by atoms with E-state index in [0.717, 1.165) is 12.0 Å². The number of nitrogens with zero attached hydrogens (tertiary/aromatic N) is 1. The number of hydrogen-bond donors (Lipinski definition) is 2. The van der Waals surface area contributed by atoms with Crippen LogP contribution in [-0.2, 0) is 30.3 Å². The molecule has 0 spiro atoms. The zero-order chi connectivity index (χ0) is 29.3. The lowest BCUT2D eigenvalue weighted by Gasteiger charge is -2.35. The first-order valence-corrected chi connectivity index (χ1v) is 13.8. The van der Waals surface area contributed by atoms with Crippen LogP contribution in [0.3, 0.4) is 0 Å². The minimum Gasteiger partial charge on any atom is -0.466 e. The quantitative estimate of drug-likeness (QED) is 0.383. The Morgan fingerprint density at radius 2 is 1.60 bits per heavy atom. The van der Waals surface area contributed by atoms with Gasteiger partial charge in [0, 0.05) is 19.0 Å². The van der Waals surface area contributed by atoms with Crippen molar-refractivity contribution < 1.29 is 28.7 Å². The van der Waals surface area contributed by atoms with E-state index in [1.165, 1.54) is 0 Å². The average Bonchev–Trinajstić information content (AvgIpc) is 3.62. The summed E-state index contributed by atoms with van der Waals surface area (Å²) in [5.74, 6) is -1.01. The van der Waals surface area contributed by atoms with E-state index >= 15 is 0 Å². The van der Waals surface area contributed by atoms with E-state index in [1.54, 1.807) is 44.7 Å². The van der Waals surface area contributed by atoms with Gasteiger partial charge in [-0.15, -0.1) is 0 Å². The first-order chi connectivity index (χ1) is 19.0. The zero-order valence-electron chi connectivity index (χ0n) is 24.0. The third kappa shape index (κ3) is 9.10. The van der Waals surface area contributed by atoms with Gasteiger partial charge in [-0.05, 0) is 51.2 Å². The van der Waals surface area contributed by atoms with Crippen molar-refractivity contribution in [2.45, 2.75) is 77.6 Å². The molecule has 1 fully saturated rings. The van der Waals surface area contributed by atoms with Crippen LogP contribution < -0.4 is 10.6 Å². The maximum absolute atomic E-state index is 14.4. The number of ether oxygens (including phenoxy) is 2. The predicted molar refractivity (Wildman–Crippen MR) is 151 cm³/mol. The van der Waals surface area contributed by atoms with E-state index in [4.69, 9.17) is 9.47 Å². The molecule has 0 radical (unpaired) electrons. The maximum Gasteiger partial charge on any atom is 0.408 e. The largest absolute Gasteiger partial charge is 0.466 e. The molecule has 40 heavy (non-hydrogen) atoms. The molecule has 2 aromatic carbocycles. The van der Waals surface area contributed by atoms with E-state index in [9.17, 15) is 19.2 Å². The summed E-state index contributed by atoms with van der Waals surface area (Å²) >= 11 is 0. The van der Waals surface area contributed by atoms with E-state index in [1.807, 2.05) is 55.5 Å². The molecule has 1 aliphatic rings. The van der Waals surface area contributed by atoms with Gasteiger partial charge in [0.25, 0.3) is 0 Å². The Morgan fingerprint density at radius 1 is 1.00 bits per heavy atom.